The molecular formula is C13H25NO2. The molecule has 0 heterocycles. The Balaban J connectivity index is 2.25. The van der Waals surface area contributed by atoms with Crippen LogP contribution in [0.3, 0.4) is 0 Å². The maximum absolute atomic E-state index is 11.5. The van der Waals surface area contributed by atoms with E-state index in [1.165, 1.54) is 25.7 Å². The van der Waals surface area contributed by atoms with Crippen LogP contribution in [0.25, 0.3) is 0 Å². The van der Waals surface area contributed by atoms with Crippen LogP contribution in [0.5, 0.6) is 0 Å². The van der Waals surface area contributed by atoms with E-state index in [1.54, 1.807) is 0 Å². The molecule has 0 bridgehead atoms. The predicted octanol–water partition coefficient (Wildman–Crippen LogP) is 3.34. The summed E-state index contributed by atoms with van der Waals surface area (Å²) in [5.74, 6) is 1.35. The molecule has 0 aliphatic heterocycles. The Morgan fingerprint density at radius 1 is 1.31 bits per heavy atom. The Morgan fingerprint density at radius 2 is 1.94 bits per heavy atom. The molecule has 0 aromatic carbocycles. The van der Waals surface area contributed by atoms with Gasteiger partial charge in [-0.1, -0.05) is 26.2 Å². The summed E-state index contributed by atoms with van der Waals surface area (Å²) >= 11 is 0. The van der Waals surface area contributed by atoms with Crippen LogP contribution < -0.4 is 5.32 Å². The maximum atomic E-state index is 11.5. The van der Waals surface area contributed by atoms with Crippen molar-refractivity contribution in [3.05, 3.63) is 0 Å². The molecule has 1 N–H and O–H groups in total. The van der Waals surface area contributed by atoms with Crippen molar-refractivity contribution in [2.75, 3.05) is 6.54 Å². The summed E-state index contributed by atoms with van der Waals surface area (Å²) in [7, 11) is 0. The van der Waals surface area contributed by atoms with Crippen LogP contribution in [-0.4, -0.2) is 18.2 Å². The van der Waals surface area contributed by atoms with E-state index in [2.05, 4.69) is 12.2 Å². The number of alkyl carbamates (subject to hydrolysis) is 1. The lowest BCUT2D eigenvalue weighted by Gasteiger charge is -2.29. The van der Waals surface area contributed by atoms with Crippen molar-refractivity contribution < 1.29 is 9.53 Å². The van der Waals surface area contributed by atoms with Gasteiger partial charge in [-0.2, -0.15) is 0 Å². The van der Waals surface area contributed by atoms with E-state index in [0.29, 0.717) is 5.92 Å². The van der Waals surface area contributed by atoms with Crippen molar-refractivity contribution in [2.24, 2.45) is 11.8 Å². The van der Waals surface area contributed by atoms with E-state index in [1.807, 2.05) is 20.8 Å². The minimum absolute atomic E-state index is 0.287. The van der Waals surface area contributed by atoms with Gasteiger partial charge in [-0.05, 0) is 39.0 Å². The van der Waals surface area contributed by atoms with E-state index in [9.17, 15) is 4.79 Å². The molecule has 94 valence electrons. The van der Waals surface area contributed by atoms with Gasteiger partial charge in [-0.25, -0.2) is 4.79 Å². The lowest BCUT2D eigenvalue weighted by atomic mass is 9.80. The smallest absolute Gasteiger partial charge is 0.407 e. The number of carbonyl (C=O) groups is 1. The second-order valence-electron chi connectivity index (χ2n) is 5.90. The average Bonchev–Trinajstić information content (AvgIpc) is 2.14. The lowest BCUT2D eigenvalue weighted by molar-refractivity contribution is 0.0508. The highest BCUT2D eigenvalue weighted by Crippen LogP contribution is 2.28. The molecular weight excluding hydrogens is 202 g/mol. The second kappa shape index (κ2) is 5.55. The summed E-state index contributed by atoms with van der Waals surface area (Å²) in [6, 6.07) is 0. The van der Waals surface area contributed by atoms with Crippen LogP contribution in [0.1, 0.15) is 53.4 Å². The summed E-state index contributed by atoms with van der Waals surface area (Å²) in [4.78, 5) is 11.5. The monoisotopic (exact) mass is 227 g/mol. The number of hydrogen-bond donors (Lipinski definition) is 1. The van der Waals surface area contributed by atoms with Crippen LogP contribution in [0, 0.1) is 11.8 Å². The van der Waals surface area contributed by atoms with Crippen LogP contribution in [0.2, 0.25) is 0 Å². The molecule has 0 radical (unpaired) electrons. The van der Waals surface area contributed by atoms with E-state index in [-0.39, 0.29) is 6.09 Å². The molecule has 1 saturated carbocycles. The van der Waals surface area contributed by atoms with Gasteiger partial charge in [0.1, 0.15) is 5.60 Å². The van der Waals surface area contributed by atoms with Crippen LogP contribution in [0.15, 0.2) is 0 Å². The van der Waals surface area contributed by atoms with E-state index >= 15 is 0 Å². The number of nitrogens with one attached hydrogen (secondary N) is 1. The van der Waals surface area contributed by atoms with Gasteiger partial charge < -0.3 is 10.1 Å². The summed E-state index contributed by atoms with van der Waals surface area (Å²) in [5, 5.41) is 2.88. The van der Waals surface area contributed by atoms with Gasteiger partial charge >= 0.3 is 6.09 Å². The first-order valence-corrected chi connectivity index (χ1v) is 6.35. The second-order valence-corrected chi connectivity index (χ2v) is 5.90. The fourth-order valence-electron chi connectivity index (χ4n) is 2.22. The number of amides is 1. The van der Waals surface area contributed by atoms with Crippen molar-refractivity contribution in [2.45, 2.75) is 59.0 Å². The fourth-order valence-corrected chi connectivity index (χ4v) is 2.22. The molecule has 1 aliphatic rings. The van der Waals surface area contributed by atoms with Gasteiger partial charge in [0, 0.05) is 6.54 Å². The highest BCUT2D eigenvalue weighted by molar-refractivity contribution is 5.67. The Labute approximate surface area is 98.9 Å². The van der Waals surface area contributed by atoms with Crippen molar-refractivity contribution in [1.82, 2.24) is 5.32 Å². The van der Waals surface area contributed by atoms with Gasteiger partial charge in [0.2, 0.25) is 0 Å². The largest absolute Gasteiger partial charge is 0.444 e. The summed E-state index contributed by atoms with van der Waals surface area (Å²) in [6.07, 6.45) is 4.87. The first-order valence-electron chi connectivity index (χ1n) is 6.35. The Kier molecular flexibility index (Phi) is 4.63. The van der Waals surface area contributed by atoms with Gasteiger partial charge in [-0.15, -0.1) is 0 Å². The number of hydrogen-bond acceptors (Lipinski definition) is 2. The molecule has 0 saturated heterocycles. The molecule has 0 aromatic rings. The SMILES string of the molecule is CC1CCCCC1CNC(=O)OC(C)(C)C. The number of rotatable bonds is 2. The highest BCUT2D eigenvalue weighted by atomic mass is 16.6. The van der Waals surface area contributed by atoms with Gasteiger partial charge in [-0.3, -0.25) is 0 Å². The van der Waals surface area contributed by atoms with Gasteiger partial charge in [0.15, 0.2) is 0 Å². The average molecular weight is 227 g/mol. The van der Waals surface area contributed by atoms with E-state index in [4.69, 9.17) is 4.74 Å². The van der Waals surface area contributed by atoms with Crippen LogP contribution in [-0.2, 0) is 4.74 Å². The van der Waals surface area contributed by atoms with Crippen LogP contribution in [0.4, 0.5) is 4.79 Å². The van der Waals surface area contributed by atoms with Gasteiger partial charge in [0.05, 0.1) is 0 Å². The number of ether oxygens (including phenoxy) is 1. The third-order valence-corrected chi connectivity index (χ3v) is 3.20. The number of carbonyl (C=O) groups excluding carboxylic acids is 1. The van der Waals surface area contributed by atoms with Gasteiger partial charge in [0.25, 0.3) is 0 Å². The van der Waals surface area contributed by atoms with Crippen molar-refractivity contribution in [1.29, 1.82) is 0 Å². The maximum Gasteiger partial charge on any atom is 0.407 e. The lowest BCUT2D eigenvalue weighted by Crippen LogP contribution is -2.37. The third-order valence-electron chi connectivity index (χ3n) is 3.20. The van der Waals surface area contributed by atoms with Crippen molar-refractivity contribution >= 4 is 6.09 Å². The zero-order chi connectivity index (χ0) is 12.2. The van der Waals surface area contributed by atoms with Crippen LogP contribution >= 0.6 is 0 Å². The first-order chi connectivity index (χ1) is 7.38. The molecule has 3 nitrogen and oxygen atoms in total. The molecule has 1 fully saturated rings. The first kappa shape index (κ1) is 13.3. The molecule has 1 rings (SSSR count). The predicted molar refractivity (Wildman–Crippen MR) is 65.4 cm³/mol. The quantitative estimate of drug-likeness (QED) is 0.785. The molecule has 2 atom stereocenters. The third kappa shape index (κ3) is 4.86. The molecule has 0 spiro atoms. The molecule has 1 aliphatic carbocycles. The normalized spacial score (nSPS) is 26.2. The zero-order valence-electron chi connectivity index (χ0n) is 11.0. The molecule has 3 heteroatoms. The fraction of sp³-hybridized carbons (Fsp3) is 0.923. The minimum atomic E-state index is -0.401. The van der Waals surface area contributed by atoms with E-state index in [0.717, 1.165) is 12.5 Å². The van der Waals surface area contributed by atoms with Crippen molar-refractivity contribution in [3.8, 4) is 0 Å². The molecule has 16 heavy (non-hydrogen) atoms. The summed E-state index contributed by atoms with van der Waals surface area (Å²) in [5.41, 5.74) is -0.401. The summed E-state index contributed by atoms with van der Waals surface area (Å²) in [6.45, 7) is 8.69. The standard InChI is InChI=1S/C13H25NO2/c1-10-7-5-6-8-11(10)9-14-12(15)16-13(2,3)4/h10-11H,5-9H2,1-4H3,(H,14,15). The van der Waals surface area contributed by atoms with E-state index < -0.39 is 5.60 Å². The highest BCUT2D eigenvalue weighted by Gasteiger charge is 2.23. The topological polar surface area (TPSA) is 38.3 Å². The molecule has 0 aromatic heterocycles. The summed E-state index contributed by atoms with van der Waals surface area (Å²) < 4.78 is 5.21. The molecule has 1 amide bonds. The molecule has 2 unspecified atom stereocenters. The Bertz CT molecular complexity index is 233. The zero-order valence-corrected chi connectivity index (χ0v) is 11.0. The Morgan fingerprint density at radius 3 is 2.50 bits per heavy atom. The minimum Gasteiger partial charge on any atom is -0.444 e. The Hall–Kier alpha value is -0.730. The van der Waals surface area contributed by atoms with Crippen molar-refractivity contribution in [3.63, 3.8) is 0 Å².